The van der Waals surface area contributed by atoms with Crippen LogP contribution in [0.4, 0.5) is 14.9 Å². The molecule has 0 atom stereocenters. The number of imide groups is 2. The average Bonchev–Trinajstić information content (AvgIpc) is 2.60. The molecule has 0 unspecified atom stereocenters. The van der Waals surface area contributed by atoms with E-state index in [9.17, 15) is 18.8 Å². The first kappa shape index (κ1) is 17.5. The highest BCUT2D eigenvalue weighted by Crippen LogP contribution is 2.24. The molecule has 1 heterocycles. The zero-order chi connectivity index (χ0) is 18.8. The first-order valence-electron chi connectivity index (χ1n) is 8.14. The van der Waals surface area contributed by atoms with Crippen LogP contribution in [0.3, 0.4) is 0 Å². The minimum atomic E-state index is -0.975. The highest BCUT2D eigenvalue weighted by Gasteiger charge is 2.37. The van der Waals surface area contributed by atoms with Crippen LogP contribution >= 0.6 is 0 Å². The number of hydrogen-bond acceptors (Lipinski definition) is 3. The lowest BCUT2D eigenvalue weighted by Crippen LogP contribution is -2.54. The number of halogens is 1. The summed E-state index contributed by atoms with van der Waals surface area (Å²) in [6.45, 7) is 4.12. The summed E-state index contributed by atoms with van der Waals surface area (Å²) in [5.41, 5.74) is 1.32. The number of carbonyl (C=O) groups excluding carboxylic acids is 3. The fraction of sp³-hybridized carbons (Fsp3) is 0.150. The van der Waals surface area contributed by atoms with E-state index in [1.54, 1.807) is 12.1 Å². The number of nitrogens with one attached hydrogen (secondary N) is 1. The maximum atomic E-state index is 14.0. The third kappa shape index (κ3) is 3.26. The normalized spacial score (nSPS) is 16.4. The van der Waals surface area contributed by atoms with Gasteiger partial charge in [0, 0.05) is 0 Å². The molecule has 1 aliphatic heterocycles. The van der Waals surface area contributed by atoms with Crippen molar-refractivity contribution in [2.24, 2.45) is 0 Å². The molecule has 6 heteroatoms. The number of rotatable bonds is 3. The highest BCUT2D eigenvalue weighted by molar-refractivity contribution is 6.39. The van der Waals surface area contributed by atoms with Crippen molar-refractivity contribution in [3.8, 4) is 0 Å². The first-order valence-corrected chi connectivity index (χ1v) is 8.14. The van der Waals surface area contributed by atoms with Gasteiger partial charge in [-0.25, -0.2) is 14.1 Å². The van der Waals surface area contributed by atoms with Crippen LogP contribution in [-0.4, -0.2) is 17.8 Å². The molecular weight excluding hydrogens is 335 g/mol. The number of anilines is 1. The van der Waals surface area contributed by atoms with Crippen LogP contribution in [0.25, 0.3) is 6.08 Å². The second-order valence-corrected chi connectivity index (χ2v) is 6.23. The fourth-order valence-corrected chi connectivity index (χ4v) is 2.65. The van der Waals surface area contributed by atoms with Gasteiger partial charge in [-0.1, -0.05) is 50.2 Å². The topological polar surface area (TPSA) is 66.5 Å². The molecule has 132 valence electrons. The minimum absolute atomic E-state index is 0.205. The summed E-state index contributed by atoms with van der Waals surface area (Å²) >= 11 is 0. The second kappa shape index (κ2) is 6.92. The van der Waals surface area contributed by atoms with Gasteiger partial charge in [-0.3, -0.25) is 14.9 Å². The van der Waals surface area contributed by atoms with Crippen LogP contribution in [0.5, 0.6) is 0 Å². The number of carbonyl (C=O) groups is 3. The second-order valence-electron chi connectivity index (χ2n) is 6.23. The van der Waals surface area contributed by atoms with Crippen molar-refractivity contribution in [3.63, 3.8) is 0 Å². The molecule has 3 rings (SSSR count). The van der Waals surface area contributed by atoms with Gasteiger partial charge in [0.1, 0.15) is 11.4 Å². The summed E-state index contributed by atoms with van der Waals surface area (Å²) in [5, 5.41) is 2.08. The molecule has 2 aromatic rings. The van der Waals surface area contributed by atoms with Crippen molar-refractivity contribution in [2.45, 2.75) is 19.8 Å². The van der Waals surface area contributed by atoms with Gasteiger partial charge in [0.2, 0.25) is 0 Å². The highest BCUT2D eigenvalue weighted by atomic mass is 19.1. The molecule has 4 amide bonds. The Labute approximate surface area is 150 Å². The molecule has 5 nitrogen and oxygen atoms in total. The smallest absolute Gasteiger partial charge is 0.273 e. The van der Waals surface area contributed by atoms with Crippen molar-refractivity contribution >= 4 is 29.6 Å². The Morgan fingerprint density at radius 1 is 1.00 bits per heavy atom. The molecule has 0 saturated carbocycles. The van der Waals surface area contributed by atoms with Crippen LogP contribution in [0.15, 0.2) is 54.1 Å². The Morgan fingerprint density at radius 3 is 2.27 bits per heavy atom. The quantitative estimate of drug-likeness (QED) is 0.678. The molecule has 0 aliphatic carbocycles. The lowest BCUT2D eigenvalue weighted by Gasteiger charge is -2.26. The van der Waals surface area contributed by atoms with Gasteiger partial charge < -0.3 is 0 Å². The monoisotopic (exact) mass is 352 g/mol. The summed E-state index contributed by atoms with van der Waals surface area (Å²) in [4.78, 5) is 37.5. The zero-order valence-electron chi connectivity index (χ0n) is 14.3. The zero-order valence-corrected chi connectivity index (χ0v) is 14.3. The Balaban J connectivity index is 1.99. The third-order valence-corrected chi connectivity index (χ3v) is 4.11. The van der Waals surface area contributed by atoms with E-state index in [1.165, 1.54) is 24.3 Å². The largest absolute Gasteiger partial charge is 0.336 e. The molecular formula is C20H17FN2O3. The number of hydrogen-bond donors (Lipinski definition) is 1. The van der Waals surface area contributed by atoms with Crippen molar-refractivity contribution in [1.29, 1.82) is 0 Å². The summed E-state index contributed by atoms with van der Waals surface area (Å²) in [7, 11) is 0. The Hall–Kier alpha value is -3.28. The summed E-state index contributed by atoms with van der Waals surface area (Å²) in [5.74, 6) is -2.05. The van der Waals surface area contributed by atoms with Crippen molar-refractivity contribution < 1.29 is 18.8 Å². The van der Waals surface area contributed by atoms with Crippen molar-refractivity contribution in [3.05, 3.63) is 71.0 Å². The standard InChI is InChI=1S/C20H17FN2O3/c1-12(2)14-9-7-13(8-10-14)11-15-18(24)22-20(26)23(19(15)25)17-6-4-3-5-16(17)21/h3-12H,1-2H3,(H,22,24,26)/b15-11+. The van der Waals surface area contributed by atoms with Crippen molar-refractivity contribution in [1.82, 2.24) is 5.32 Å². The number of urea groups is 1. The van der Waals surface area contributed by atoms with Gasteiger partial charge in [0.05, 0.1) is 5.69 Å². The molecule has 1 aliphatic rings. The molecule has 0 bridgehead atoms. The van der Waals surface area contributed by atoms with E-state index in [1.807, 2.05) is 12.1 Å². The van der Waals surface area contributed by atoms with E-state index < -0.39 is 23.7 Å². The van der Waals surface area contributed by atoms with Gasteiger partial charge >= 0.3 is 6.03 Å². The lowest BCUT2D eigenvalue weighted by atomic mass is 10.0. The molecule has 26 heavy (non-hydrogen) atoms. The summed E-state index contributed by atoms with van der Waals surface area (Å²) < 4.78 is 14.0. The molecule has 1 fully saturated rings. The van der Waals surface area contributed by atoms with Crippen molar-refractivity contribution in [2.75, 3.05) is 4.90 Å². The number of para-hydroxylation sites is 1. The number of amides is 4. The predicted octanol–water partition coefficient (Wildman–Crippen LogP) is 3.62. The van der Waals surface area contributed by atoms with Crippen LogP contribution < -0.4 is 10.2 Å². The summed E-state index contributed by atoms with van der Waals surface area (Å²) in [6, 6.07) is 11.8. The number of nitrogens with zero attached hydrogens (tertiary/aromatic N) is 1. The van der Waals surface area contributed by atoms with E-state index in [2.05, 4.69) is 19.2 Å². The van der Waals surface area contributed by atoms with Crippen LogP contribution in [-0.2, 0) is 9.59 Å². The van der Waals surface area contributed by atoms with Gasteiger partial charge in [-0.15, -0.1) is 0 Å². The third-order valence-electron chi connectivity index (χ3n) is 4.11. The predicted molar refractivity (Wildman–Crippen MR) is 95.9 cm³/mol. The van der Waals surface area contributed by atoms with E-state index in [0.29, 0.717) is 16.4 Å². The fourth-order valence-electron chi connectivity index (χ4n) is 2.65. The minimum Gasteiger partial charge on any atom is -0.273 e. The van der Waals surface area contributed by atoms with E-state index >= 15 is 0 Å². The maximum absolute atomic E-state index is 14.0. The van der Waals surface area contributed by atoms with E-state index in [-0.39, 0.29) is 11.3 Å². The van der Waals surface area contributed by atoms with Gasteiger partial charge in [0.15, 0.2) is 0 Å². The molecule has 0 radical (unpaired) electrons. The van der Waals surface area contributed by atoms with Crippen LogP contribution in [0, 0.1) is 5.82 Å². The van der Waals surface area contributed by atoms with Gasteiger partial charge in [-0.2, -0.15) is 0 Å². The average molecular weight is 352 g/mol. The van der Waals surface area contributed by atoms with E-state index in [4.69, 9.17) is 0 Å². The van der Waals surface area contributed by atoms with Gasteiger partial charge in [-0.05, 0) is 35.3 Å². The number of benzene rings is 2. The Morgan fingerprint density at radius 2 is 1.65 bits per heavy atom. The Bertz CT molecular complexity index is 917. The molecule has 0 aromatic heterocycles. The molecule has 2 aromatic carbocycles. The summed E-state index contributed by atoms with van der Waals surface area (Å²) in [6.07, 6.45) is 1.39. The SMILES string of the molecule is CC(C)c1ccc(/C=C2\C(=O)NC(=O)N(c3ccccc3F)C2=O)cc1. The maximum Gasteiger partial charge on any atom is 0.336 e. The van der Waals surface area contributed by atoms with E-state index in [0.717, 1.165) is 11.6 Å². The molecule has 0 spiro atoms. The first-order chi connectivity index (χ1) is 12.4. The van der Waals surface area contributed by atoms with Crippen LogP contribution in [0.2, 0.25) is 0 Å². The van der Waals surface area contributed by atoms with Gasteiger partial charge in [0.25, 0.3) is 11.8 Å². The molecule has 1 N–H and O–H groups in total. The lowest BCUT2D eigenvalue weighted by molar-refractivity contribution is -0.122. The van der Waals surface area contributed by atoms with Crippen LogP contribution in [0.1, 0.15) is 30.9 Å². The number of barbiturate groups is 1. The Kier molecular flexibility index (Phi) is 4.67. The molecule has 1 saturated heterocycles.